The molecule has 0 radical (unpaired) electrons. The first-order chi connectivity index (χ1) is 8.54. The third kappa shape index (κ3) is 2.10. The number of carboxylic acids is 1. The molecule has 1 aromatic rings. The molecule has 0 fully saturated rings. The van der Waals surface area contributed by atoms with E-state index in [2.05, 4.69) is 5.10 Å². The van der Waals surface area contributed by atoms with Gasteiger partial charge in [0.05, 0.1) is 5.69 Å². The average Bonchev–Trinajstić information content (AvgIpc) is 2.64. The van der Waals surface area contributed by atoms with E-state index in [0.29, 0.717) is 31.5 Å². The fourth-order valence-electron chi connectivity index (χ4n) is 2.35. The van der Waals surface area contributed by atoms with Crippen molar-refractivity contribution in [1.82, 2.24) is 14.7 Å². The molecule has 6 nitrogen and oxygen atoms in total. The lowest BCUT2D eigenvalue weighted by atomic mass is 10.0. The zero-order valence-electron chi connectivity index (χ0n) is 10.6. The Bertz CT molecular complexity index is 493. The summed E-state index contributed by atoms with van der Waals surface area (Å²) in [6.45, 7) is 2.95. The molecule has 0 bridgehead atoms. The van der Waals surface area contributed by atoms with Gasteiger partial charge in [0.25, 0.3) is 0 Å². The van der Waals surface area contributed by atoms with Crippen LogP contribution in [0.4, 0.5) is 0 Å². The predicted octanol–water partition coefficient (Wildman–Crippen LogP) is 0.803. The molecule has 0 unspecified atom stereocenters. The minimum atomic E-state index is -0.990. The van der Waals surface area contributed by atoms with Crippen LogP contribution < -0.4 is 0 Å². The van der Waals surface area contributed by atoms with Gasteiger partial charge >= 0.3 is 5.97 Å². The number of nitrogens with zero attached hydrogens (tertiary/aromatic N) is 3. The van der Waals surface area contributed by atoms with E-state index >= 15 is 0 Å². The van der Waals surface area contributed by atoms with Crippen molar-refractivity contribution < 1.29 is 14.7 Å². The third-order valence-electron chi connectivity index (χ3n) is 3.22. The van der Waals surface area contributed by atoms with E-state index in [9.17, 15) is 14.7 Å². The Kier molecular flexibility index (Phi) is 3.36. The predicted molar refractivity (Wildman–Crippen MR) is 64.2 cm³/mol. The van der Waals surface area contributed by atoms with E-state index in [-0.39, 0.29) is 11.6 Å². The summed E-state index contributed by atoms with van der Waals surface area (Å²) in [6, 6.07) is 0. The Balaban J connectivity index is 2.27. The summed E-state index contributed by atoms with van der Waals surface area (Å²) < 4.78 is 1.39. The third-order valence-corrected chi connectivity index (χ3v) is 3.22. The fourth-order valence-corrected chi connectivity index (χ4v) is 2.35. The Hall–Kier alpha value is -1.85. The first-order valence-corrected chi connectivity index (χ1v) is 6.10. The van der Waals surface area contributed by atoms with Crippen molar-refractivity contribution in [2.45, 2.75) is 32.7 Å². The maximum absolute atomic E-state index is 11.8. The Morgan fingerprint density at radius 1 is 1.44 bits per heavy atom. The van der Waals surface area contributed by atoms with Crippen LogP contribution in [0.25, 0.3) is 0 Å². The van der Waals surface area contributed by atoms with Crippen LogP contribution in [0.2, 0.25) is 0 Å². The zero-order chi connectivity index (χ0) is 13.3. The van der Waals surface area contributed by atoms with Gasteiger partial charge in [0.1, 0.15) is 0 Å². The van der Waals surface area contributed by atoms with Crippen LogP contribution in [0.5, 0.6) is 0 Å². The van der Waals surface area contributed by atoms with E-state index in [1.807, 2.05) is 6.92 Å². The highest BCUT2D eigenvalue weighted by Gasteiger charge is 2.28. The molecule has 0 atom stereocenters. The van der Waals surface area contributed by atoms with Gasteiger partial charge in [0, 0.05) is 38.5 Å². The molecule has 0 spiro atoms. The number of fused-ring (bicyclic) bond motifs is 1. The average molecular weight is 251 g/mol. The SMILES string of the molecule is CCCC(=O)N1CCc2nn(C)c(C(=O)O)c2C1. The van der Waals surface area contributed by atoms with Crippen molar-refractivity contribution in [3.63, 3.8) is 0 Å². The number of aromatic nitrogens is 2. The normalized spacial score (nSPS) is 14.4. The summed E-state index contributed by atoms with van der Waals surface area (Å²) in [5, 5.41) is 13.4. The number of carboxylic acid groups (broad SMARTS) is 1. The highest BCUT2D eigenvalue weighted by Crippen LogP contribution is 2.22. The van der Waals surface area contributed by atoms with E-state index in [1.165, 1.54) is 4.68 Å². The molecule has 1 N–H and O–H groups in total. The number of carbonyl (C=O) groups excluding carboxylic acids is 1. The molecule has 1 amide bonds. The number of amides is 1. The quantitative estimate of drug-likeness (QED) is 0.862. The van der Waals surface area contributed by atoms with Gasteiger partial charge in [-0.2, -0.15) is 5.10 Å². The first-order valence-electron chi connectivity index (χ1n) is 6.10. The summed E-state index contributed by atoms with van der Waals surface area (Å²) in [5.74, 6) is -0.903. The minimum Gasteiger partial charge on any atom is -0.477 e. The van der Waals surface area contributed by atoms with E-state index < -0.39 is 5.97 Å². The number of hydrogen-bond acceptors (Lipinski definition) is 3. The van der Waals surface area contributed by atoms with Crippen molar-refractivity contribution in [2.24, 2.45) is 7.05 Å². The second-order valence-electron chi connectivity index (χ2n) is 4.52. The monoisotopic (exact) mass is 251 g/mol. The second-order valence-corrected chi connectivity index (χ2v) is 4.52. The van der Waals surface area contributed by atoms with Crippen molar-refractivity contribution >= 4 is 11.9 Å². The van der Waals surface area contributed by atoms with Crippen LogP contribution in [0.1, 0.15) is 41.5 Å². The van der Waals surface area contributed by atoms with Gasteiger partial charge in [-0.25, -0.2) is 4.79 Å². The van der Waals surface area contributed by atoms with Gasteiger partial charge in [0.2, 0.25) is 5.91 Å². The lowest BCUT2D eigenvalue weighted by Crippen LogP contribution is -2.36. The minimum absolute atomic E-state index is 0.0864. The van der Waals surface area contributed by atoms with Gasteiger partial charge in [-0.05, 0) is 6.42 Å². The summed E-state index contributed by atoms with van der Waals surface area (Å²) >= 11 is 0. The van der Waals surface area contributed by atoms with Crippen molar-refractivity contribution in [1.29, 1.82) is 0 Å². The molecule has 6 heteroatoms. The Morgan fingerprint density at radius 3 is 2.78 bits per heavy atom. The van der Waals surface area contributed by atoms with Crippen LogP contribution in [-0.4, -0.2) is 38.2 Å². The Labute approximate surface area is 105 Å². The maximum atomic E-state index is 11.8. The smallest absolute Gasteiger partial charge is 0.354 e. The maximum Gasteiger partial charge on any atom is 0.354 e. The number of hydrogen-bond donors (Lipinski definition) is 1. The molecule has 98 valence electrons. The summed E-state index contributed by atoms with van der Waals surface area (Å²) in [5.41, 5.74) is 1.68. The number of carbonyl (C=O) groups is 2. The molecule has 1 aliphatic heterocycles. The van der Waals surface area contributed by atoms with Gasteiger partial charge in [0.15, 0.2) is 5.69 Å². The highest BCUT2D eigenvalue weighted by molar-refractivity contribution is 5.88. The molecule has 0 aromatic carbocycles. The van der Waals surface area contributed by atoms with Crippen LogP contribution in [0, 0.1) is 0 Å². The number of aryl methyl sites for hydroxylation is 1. The van der Waals surface area contributed by atoms with Crippen molar-refractivity contribution in [3.8, 4) is 0 Å². The van der Waals surface area contributed by atoms with Gasteiger partial charge < -0.3 is 10.0 Å². The highest BCUT2D eigenvalue weighted by atomic mass is 16.4. The Morgan fingerprint density at radius 2 is 2.17 bits per heavy atom. The molecule has 0 saturated heterocycles. The largest absolute Gasteiger partial charge is 0.477 e. The van der Waals surface area contributed by atoms with E-state index in [0.717, 1.165) is 12.1 Å². The summed E-state index contributed by atoms with van der Waals surface area (Å²) in [7, 11) is 1.62. The summed E-state index contributed by atoms with van der Waals surface area (Å²) in [6.07, 6.45) is 1.95. The second kappa shape index (κ2) is 4.80. The van der Waals surface area contributed by atoms with Gasteiger partial charge in [-0.1, -0.05) is 6.92 Å². The van der Waals surface area contributed by atoms with Crippen molar-refractivity contribution in [2.75, 3.05) is 6.54 Å². The molecule has 2 rings (SSSR count). The molecule has 0 aliphatic carbocycles. The van der Waals surface area contributed by atoms with Crippen LogP contribution >= 0.6 is 0 Å². The molecular formula is C12H17N3O3. The fraction of sp³-hybridized carbons (Fsp3) is 0.583. The number of aromatic carboxylic acids is 1. The van der Waals surface area contributed by atoms with Crippen LogP contribution in [-0.2, 0) is 24.8 Å². The molecule has 0 saturated carbocycles. The van der Waals surface area contributed by atoms with Gasteiger partial charge in [-0.3, -0.25) is 9.48 Å². The van der Waals surface area contributed by atoms with Crippen LogP contribution in [0.3, 0.4) is 0 Å². The van der Waals surface area contributed by atoms with E-state index in [4.69, 9.17) is 0 Å². The van der Waals surface area contributed by atoms with E-state index in [1.54, 1.807) is 11.9 Å². The topological polar surface area (TPSA) is 75.4 Å². The molecular weight excluding hydrogens is 234 g/mol. The molecule has 18 heavy (non-hydrogen) atoms. The lowest BCUT2D eigenvalue weighted by molar-refractivity contribution is -0.132. The molecule has 1 aliphatic rings. The van der Waals surface area contributed by atoms with Gasteiger partial charge in [-0.15, -0.1) is 0 Å². The van der Waals surface area contributed by atoms with Crippen LogP contribution in [0.15, 0.2) is 0 Å². The summed E-state index contributed by atoms with van der Waals surface area (Å²) in [4.78, 5) is 24.8. The number of rotatable bonds is 3. The lowest BCUT2D eigenvalue weighted by Gasteiger charge is -2.26. The molecule has 2 heterocycles. The standard InChI is InChI=1S/C12H17N3O3/c1-3-4-10(16)15-6-5-9-8(7-15)11(12(17)18)14(2)13-9/h3-7H2,1-2H3,(H,17,18). The first kappa shape index (κ1) is 12.6. The molecule has 1 aromatic heterocycles. The van der Waals surface area contributed by atoms with Crippen molar-refractivity contribution in [3.05, 3.63) is 17.0 Å². The zero-order valence-corrected chi connectivity index (χ0v) is 10.6.